The van der Waals surface area contributed by atoms with E-state index < -0.39 is 6.36 Å². The minimum Gasteiger partial charge on any atom is -0.358 e. The van der Waals surface area contributed by atoms with Crippen molar-refractivity contribution in [2.45, 2.75) is 26.6 Å². The molecule has 9 heavy (non-hydrogen) atoms. The molecule has 1 rings (SSSR count). The van der Waals surface area contributed by atoms with Gasteiger partial charge in [0.05, 0.1) is 12.1 Å². The van der Waals surface area contributed by atoms with Gasteiger partial charge in [0.2, 0.25) is 0 Å². The maximum atomic E-state index is 12.2. The number of hydrogen-bond donors (Lipinski definition) is 0. The van der Waals surface area contributed by atoms with Crippen LogP contribution in [0.4, 0.5) is 4.39 Å². The predicted octanol–water partition coefficient (Wildman–Crippen LogP) is 1.71. The summed E-state index contributed by atoms with van der Waals surface area (Å²) in [4.78, 5) is 4.35. The first-order valence-corrected chi connectivity index (χ1v) is 3.07. The largest absolute Gasteiger partial charge is 0.358 e. The number of hydrogen-bond acceptors (Lipinski definition) is 2. The van der Waals surface area contributed by atoms with Crippen LogP contribution >= 0.6 is 0 Å². The summed E-state index contributed by atoms with van der Waals surface area (Å²) in [6.07, 6.45) is -0.847. The summed E-state index contributed by atoms with van der Waals surface area (Å²) >= 11 is 0. The Labute approximate surface area is 53.7 Å². The molecule has 0 radical (unpaired) electrons. The normalized spacial score (nSPS) is 26.2. The lowest BCUT2D eigenvalue weighted by Gasteiger charge is -1.97. The Hall–Kier alpha value is -0.600. The third kappa shape index (κ3) is 1.40. The van der Waals surface area contributed by atoms with E-state index in [1.54, 1.807) is 0 Å². The van der Waals surface area contributed by atoms with Gasteiger partial charge in [-0.05, 0) is 5.92 Å². The van der Waals surface area contributed by atoms with Crippen LogP contribution in [-0.2, 0) is 4.84 Å². The fraction of sp³-hybridized carbons (Fsp3) is 0.833. The molecular weight excluding hydrogens is 121 g/mol. The summed E-state index contributed by atoms with van der Waals surface area (Å²) in [7, 11) is 0. The fourth-order valence-corrected chi connectivity index (χ4v) is 0.705. The van der Waals surface area contributed by atoms with Crippen molar-refractivity contribution < 1.29 is 9.23 Å². The van der Waals surface area contributed by atoms with E-state index in [4.69, 9.17) is 0 Å². The average molecular weight is 131 g/mol. The summed E-state index contributed by atoms with van der Waals surface area (Å²) in [5.74, 6) is 0.311. The summed E-state index contributed by atoms with van der Waals surface area (Å²) in [6, 6.07) is 0. The Kier molecular flexibility index (Phi) is 1.69. The smallest absolute Gasteiger partial charge is 0.269 e. The minimum atomic E-state index is -1.19. The molecular formula is C6H10FNO. The van der Waals surface area contributed by atoms with Gasteiger partial charge in [-0.3, -0.25) is 0 Å². The number of nitrogens with zero attached hydrogens (tertiary/aromatic N) is 1. The maximum absolute atomic E-state index is 12.2. The molecule has 0 fully saturated rings. The van der Waals surface area contributed by atoms with Gasteiger partial charge in [-0.25, -0.2) is 0 Å². The Bertz CT molecular complexity index is 133. The average Bonchev–Trinajstić information content (AvgIpc) is 2.14. The molecule has 0 amide bonds. The van der Waals surface area contributed by atoms with E-state index in [1.165, 1.54) is 0 Å². The van der Waals surface area contributed by atoms with Crippen LogP contribution in [0.25, 0.3) is 0 Å². The molecule has 1 unspecified atom stereocenters. The molecule has 0 aromatic rings. The van der Waals surface area contributed by atoms with Gasteiger partial charge >= 0.3 is 0 Å². The fourth-order valence-electron chi connectivity index (χ4n) is 0.705. The lowest BCUT2D eigenvalue weighted by molar-refractivity contribution is -0.0117. The van der Waals surface area contributed by atoms with Crippen LogP contribution in [0.5, 0.6) is 0 Å². The monoisotopic (exact) mass is 131 g/mol. The van der Waals surface area contributed by atoms with Crippen molar-refractivity contribution in [2.24, 2.45) is 11.1 Å². The van der Waals surface area contributed by atoms with E-state index in [9.17, 15) is 4.39 Å². The summed E-state index contributed by atoms with van der Waals surface area (Å²) in [5, 5.41) is 3.56. The standard InChI is InChI=1S/C6H10FNO/c1-4(2)5-3-6(7)9-8-5/h4,6H,3H2,1-2H3. The van der Waals surface area contributed by atoms with Crippen LogP contribution in [0.1, 0.15) is 20.3 Å². The van der Waals surface area contributed by atoms with Crippen LogP contribution in [0, 0.1) is 5.92 Å². The summed E-state index contributed by atoms with van der Waals surface area (Å²) in [5.41, 5.74) is 0.822. The quantitative estimate of drug-likeness (QED) is 0.531. The van der Waals surface area contributed by atoms with E-state index in [0.29, 0.717) is 12.3 Å². The molecule has 1 aliphatic rings. The second kappa shape index (κ2) is 2.33. The van der Waals surface area contributed by atoms with Gasteiger partial charge < -0.3 is 4.84 Å². The van der Waals surface area contributed by atoms with Crippen LogP contribution in [0.15, 0.2) is 5.16 Å². The Morgan fingerprint density at radius 2 is 2.44 bits per heavy atom. The SMILES string of the molecule is CC(C)C1=NOC(F)C1. The van der Waals surface area contributed by atoms with Crippen LogP contribution < -0.4 is 0 Å². The first kappa shape index (κ1) is 6.52. The molecule has 0 saturated carbocycles. The number of alkyl halides is 1. The first-order chi connectivity index (χ1) is 4.20. The third-order valence-electron chi connectivity index (χ3n) is 1.32. The number of oxime groups is 1. The van der Waals surface area contributed by atoms with E-state index in [1.807, 2.05) is 13.8 Å². The number of rotatable bonds is 1. The molecule has 52 valence electrons. The Morgan fingerprint density at radius 1 is 1.78 bits per heavy atom. The van der Waals surface area contributed by atoms with E-state index in [-0.39, 0.29) is 0 Å². The molecule has 0 N–H and O–H groups in total. The van der Waals surface area contributed by atoms with Crippen molar-refractivity contribution in [1.82, 2.24) is 0 Å². The van der Waals surface area contributed by atoms with Crippen LogP contribution in [0.2, 0.25) is 0 Å². The maximum Gasteiger partial charge on any atom is 0.269 e. The third-order valence-corrected chi connectivity index (χ3v) is 1.32. The molecule has 0 spiro atoms. The van der Waals surface area contributed by atoms with Crippen LogP contribution in [-0.4, -0.2) is 12.1 Å². The van der Waals surface area contributed by atoms with Gasteiger partial charge in [-0.15, -0.1) is 0 Å². The summed E-state index contributed by atoms with van der Waals surface area (Å²) < 4.78 is 12.2. The van der Waals surface area contributed by atoms with E-state index >= 15 is 0 Å². The topological polar surface area (TPSA) is 21.6 Å². The van der Waals surface area contributed by atoms with Gasteiger partial charge in [0.25, 0.3) is 6.36 Å². The molecule has 0 aromatic carbocycles. The molecule has 1 atom stereocenters. The molecule has 0 saturated heterocycles. The van der Waals surface area contributed by atoms with Crippen LogP contribution in [0.3, 0.4) is 0 Å². The molecule has 1 heterocycles. The Balaban J connectivity index is 2.45. The predicted molar refractivity (Wildman–Crippen MR) is 32.9 cm³/mol. The minimum absolute atomic E-state index is 0.311. The van der Waals surface area contributed by atoms with Crippen molar-refractivity contribution >= 4 is 5.71 Å². The van der Waals surface area contributed by atoms with Crippen molar-refractivity contribution in [3.05, 3.63) is 0 Å². The van der Waals surface area contributed by atoms with Crippen molar-refractivity contribution in [2.75, 3.05) is 0 Å². The zero-order chi connectivity index (χ0) is 6.85. The van der Waals surface area contributed by atoms with E-state index in [2.05, 4.69) is 9.99 Å². The highest BCUT2D eigenvalue weighted by atomic mass is 19.1. The number of halogens is 1. The molecule has 3 heteroatoms. The zero-order valence-electron chi connectivity index (χ0n) is 5.60. The second-order valence-corrected chi connectivity index (χ2v) is 2.46. The molecule has 1 aliphatic heterocycles. The molecule has 2 nitrogen and oxygen atoms in total. The van der Waals surface area contributed by atoms with Gasteiger partial charge in [-0.1, -0.05) is 19.0 Å². The Morgan fingerprint density at radius 3 is 2.67 bits per heavy atom. The van der Waals surface area contributed by atoms with Crippen molar-refractivity contribution in [1.29, 1.82) is 0 Å². The van der Waals surface area contributed by atoms with Crippen molar-refractivity contribution in [3.8, 4) is 0 Å². The zero-order valence-corrected chi connectivity index (χ0v) is 5.60. The lowest BCUT2D eigenvalue weighted by Crippen LogP contribution is -2.06. The first-order valence-electron chi connectivity index (χ1n) is 3.07. The molecule has 0 aliphatic carbocycles. The van der Waals surface area contributed by atoms with E-state index in [0.717, 1.165) is 5.71 Å². The second-order valence-electron chi connectivity index (χ2n) is 2.46. The van der Waals surface area contributed by atoms with Gasteiger partial charge in [-0.2, -0.15) is 4.39 Å². The van der Waals surface area contributed by atoms with Crippen molar-refractivity contribution in [3.63, 3.8) is 0 Å². The summed E-state index contributed by atoms with van der Waals surface area (Å²) in [6.45, 7) is 3.94. The van der Waals surface area contributed by atoms with Gasteiger partial charge in [0, 0.05) is 0 Å². The highest BCUT2D eigenvalue weighted by Gasteiger charge is 2.21. The highest BCUT2D eigenvalue weighted by molar-refractivity contribution is 5.86. The van der Waals surface area contributed by atoms with Gasteiger partial charge in [0.15, 0.2) is 0 Å². The molecule has 0 bridgehead atoms. The lowest BCUT2D eigenvalue weighted by atomic mass is 10.1. The van der Waals surface area contributed by atoms with Gasteiger partial charge in [0.1, 0.15) is 0 Å². The highest BCUT2D eigenvalue weighted by Crippen LogP contribution is 2.15. The molecule has 0 aromatic heterocycles.